The lowest BCUT2D eigenvalue weighted by Crippen LogP contribution is -2.42. The molecule has 1 aliphatic carbocycles. The molecule has 8 nitrogen and oxygen atoms in total. The van der Waals surface area contributed by atoms with E-state index in [1.165, 1.54) is 4.31 Å². The first-order valence-electron chi connectivity index (χ1n) is 9.10. The smallest absolute Gasteiger partial charge is 0.307 e. The zero-order chi connectivity index (χ0) is 19.0. The molecular formula is C17H21N3O5S2. The molecule has 1 unspecified atom stereocenters. The van der Waals surface area contributed by atoms with E-state index in [0.29, 0.717) is 42.6 Å². The molecule has 0 spiro atoms. The number of piperidine rings is 1. The number of hydrogen-bond donors (Lipinski definition) is 1. The molecule has 10 heteroatoms. The number of thiophene rings is 1. The van der Waals surface area contributed by atoms with Gasteiger partial charge in [-0.3, -0.25) is 4.79 Å². The molecule has 0 aromatic carbocycles. The molecule has 3 heterocycles. The van der Waals surface area contributed by atoms with Gasteiger partial charge in [0.25, 0.3) is 10.0 Å². The van der Waals surface area contributed by atoms with Crippen LogP contribution in [0.2, 0.25) is 0 Å². The van der Waals surface area contributed by atoms with Crippen LogP contribution >= 0.6 is 11.3 Å². The average molecular weight is 412 g/mol. The fourth-order valence-electron chi connectivity index (χ4n) is 3.75. The summed E-state index contributed by atoms with van der Waals surface area (Å²) < 4.78 is 32.6. The quantitative estimate of drug-likeness (QED) is 0.804. The highest BCUT2D eigenvalue weighted by molar-refractivity contribution is 7.91. The molecule has 2 fully saturated rings. The summed E-state index contributed by atoms with van der Waals surface area (Å²) in [6, 6.07) is 1.55. The third-order valence-corrected chi connectivity index (χ3v) is 8.59. The molecule has 0 radical (unpaired) electrons. The minimum Gasteiger partial charge on any atom is -0.481 e. The normalized spacial score (nSPS) is 22.3. The molecule has 2 aliphatic rings. The predicted molar refractivity (Wildman–Crippen MR) is 97.9 cm³/mol. The zero-order valence-electron chi connectivity index (χ0n) is 14.7. The van der Waals surface area contributed by atoms with Gasteiger partial charge in [0.15, 0.2) is 0 Å². The number of carboxylic acids is 1. The molecule has 1 atom stereocenters. The summed E-state index contributed by atoms with van der Waals surface area (Å²) >= 11 is 1.10. The van der Waals surface area contributed by atoms with E-state index >= 15 is 0 Å². The second-order valence-electron chi connectivity index (χ2n) is 7.13. The summed E-state index contributed by atoms with van der Waals surface area (Å²) in [5, 5.41) is 14.9. The molecule has 27 heavy (non-hydrogen) atoms. The van der Waals surface area contributed by atoms with Crippen LogP contribution in [0, 0.1) is 5.92 Å². The maximum absolute atomic E-state index is 12.9. The van der Waals surface area contributed by atoms with Gasteiger partial charge in [-0.15, -0.1) is 11.3 Å². The molecular weight excluding hydrogens is 390 g/mol. The molecule has 1 aliphatic heterocycles. The Bertz CT molecular complexity index is 930. The highest BCUT2D eigenvalue weighted by Gasteiger charge is 2.34. The molecule has 2 aromatic heterocycles. The zero-order valence-corrected chi connectivity index (χ0v) is 16.3. The van der Waals surface area contributed by atoms with E-state index in [0.717, 1.165) is 37.0 Å². The summed E-state index contributed by atoms with van der Waals surface area (Å²) in [4.78, 5) is 15.7. The topological polar surface area (TPSA) is 114 Å². The Balaban J connectivity index is 1.54. The summed E-state index contributed by atoms with van der Waals surface area (Å²) in [7, 11) is -3.72. The third-order valence-electron chi connectivity index (χ3n) is 5.31. The van der Waals surface area contributed by atoms with Crippen LogP contribution in [0.5, 0.6) is 0 Å². The minimum absolute atomic E-state index is 0.0128. The number of sulfonamides is 1. The molecule has 4 rings (SSSR count). The molecule has 1 N–H and O–H groups in total. The van der Waals surface area contributed by atoms with Crippen molar-refractivity contribution in [2.45, 2.75) is 48.7 Å². The van der Waals surface area contributed by atoms with Gasteiger partial charge in [-0.25, -0.2) is 8.42 Å². The summed E-state index contributed by atoms with van der Waals surface area (Å²) in [6.07, 6.45) is 5.47. The first kappa shape index (κ1) is 18.6. The van der Waals surface area contributed by atoms with Gasteiger partial charge < -0.3 is 9.63 Å². The monoisotopic (exact) mass is 411 g/mol. The largest absolute Gasteiger partial charge is 0.481 e. The molecule has 146 valence electrons. The van der Waals surface area contributed by atoms with Gasteiger partial charge in [-0.1, -0.05) is 18.0 Å². The Morgan fingerprint density at radius 1 is 1.26 bits per heavy atom. The second kappa shape index (κ2) is 7.33. The highest BCUT2D eigenvalue weighted by atomic mass is 32.2. The molecule has 0 bridgehead atoms. The lowest BCUT2D eigenvalue weighted by molar-refractivity contribution is -0.142. The van der Waals surface area contributed by atoms with Crippen molar-refractivity contribution < 1.29 is 22.8 Å². The Morgan fingerprint density at radius 2 is 2.04 bits per heavy atom. The van der Waals surface area contributed by atoms with Crippen molar-refractivity contribution in [1.29, 1.82) is 0 Å². The first-order chi connectivity index (χ1) is 12.9. The maximum Gasteiger partial charge on any atom is 0.307 e. The average Bonchev–Trinajstić information content (AvgIpc) is 3.41. The van der Waals surface area contributed by atoms with Crippen molar-refractivity contribution in [3.8, 4) is 11.4 Å². The number of carboxylic acid groups (broad SMARTS) is 1. The van der Waals surface area contributed by atoms with Gasteiger partial charge in [0, 0.05) is 30.0 Å². The summed E-state index contributed by atoms with van der Waals surface area (Å²) in [5.41, 5.74) is 0.610. The third kappa shape index (κ3) is 3.65. The van der Waals surface area contributed by atoms with Crippen LogP contribution in [-0.2, 0) is 14.8 Å². The van der Waals surface area contributed by atoms with E-state index in [1.54, 1.807) is 11.4 Å². The SMILES string of the molecule is O=C(O)C1CCCN(S(=O)(=O)c2cc(-c3noc(C4CCCC4)n3)cs2)C1. The van der Waals surface area contributed by atoms with Crippen molar-refractivity contribution >= 4 is 27.3 Å². The first-order valence-corrected chi connectivity index (χ1v) is 11.4. The van der Waals surface area contributed by atoms with E-state index in [4.69, 9.17) is 4.52 Å². The summed E-state index contributed by atoms with van der Waals surface area (Å²) in [5.74, 6) is -0.281. The van der Waals surface area contributed by atoms with Crippen molar-refractivity contribution in [3.63, 3.8) is 0 Å². The molecule has 1 saturated heterocycles. The van der Waals surface area contributed by atoms with Crippen molar-refractivity contribution in [3.05, 3.63) is 17.3 Å². The Hall–Kier alpha value is -1.78. The Kier molecular flexibility index (Phi) is 5.04. The lowest BCUT2D eigenvalue weighted by atomic mass is 10.0. The predicted octanol–water partition coefficient (Wildman–Crippen LogP) is 2.94. The number of aliphatic carboxylic acids is 1. The van der Waals surface area contributed by atoms with E-state index in [-0.39, 0.29) is 10.8 Å². The van der Waals surface area contributed by atoms with Crippen molar-refractivity contribution in [2.24, 2.45) is 5.92 Å². The van der Waals surface area contributed by atoms with Gasteiger partial charge in [0.2, 0.25) is 11.7 Å². The van der Waals surface area contributed by atoms with E-state index in [9.17, 15) is 18.3 Å². The van der Waals surface area contributed by atoms with Gasteiger partial charge in [0.1, 0.15) is 4.21 Å². The van der Waals surface area contributed by atoms with Crippen molar-refractivity contribution in [1.82, 2.24) is 14.4 Å². The van der Waals surface area contributed by atoms with Gasteiger partial charge >= 0.3 is 5.97 Å². The molecule has 0 amide bonds. The van der Waals surface area contributed by atoms with Crippen LogP contribution in [0.4, 0.5) is 0 Å². The maximum atomic E-state index is 12.9. The Labute approximate surface area is 161 Å². The van der Waals surface area contributed by atoms with Gasteiger partial charge in [0.05, 0.1) is 5.92 Å². The van der Waals surface area contributed by atoms with Crippen LogP contribution in [0.25, 0.3) is 11.4 Å². The number of carbonyl (C=O) groups is 1. The standard InChI is InChI=1S/C17H21N3O5S2/c21-17(22)12-6-3-7-20(9-12)27(23,24)14-8-13(10-26-14)15-18-16(25-19-15)11-4-1-2-5-11/h8,10-12H,1-7,9H2,(H,21,22). The second-order valence-corrected chi connectivity index (χ2v) is 10.2. The number of hydrogen-bond acceptors (Lipinski definition) is 7. The molecule has 2 aromatic rings. The van der Waals surface area contributed by atoms with Crippen LogP contribution in [0.3, 0.4) is 0 Å². The summed E-state index contributed by atoms with van der Waals surface area (Å²) in [6.45, 7) is 0.353. The van der Waals surface area contributed by atoms with Crippen LogP contribution < -0.4 is 0 Å². The highest BCUT2D eigenvalue weighted by Crippen LogP contribution is 2.35. The van der Waals surface area contributed by atoms with Gasteiger partial charge in [-0.2, -0.15) is 9.29 Å². The fourth-order valence-corrected chi connectivity index (χ4v) is 6.58. The number of nitrogens with zero attached hydrogens (tertiary/aromatic N) is 3. The van der Waals surface area contributed by atoms with E-state index in [2.05, 4.69) is 10.1 Å². The van der Waals surface area contributed by atoms with Crippen LogP contribution in [0.15, 0.2) is 20.2 Å². The minimum atomic E-state index is -3.72. The van der Waals surface area contributed by atoms with Crippen molar-refractivity contribution in [2.75, 3.05) is 13.1 Å². The number of rotatable bonds is 5. The number of aromatic nitrogens is 2. The fraction of sp³-hybridized carbons (Fsp3) is 0.588. The lowest BCUT2D eigenvalue weighted by Gasteiger charge is -2.29. The molecule has 1 saturated carbocycles. The van der Waals surface area contributed by atoms with E-state index in [1.807, 2.05) is 0 Å². The van der Waals surface area contributed by atoms with Gasteiger partial charge in [-0.05, 0) is 31.7 Å². The van der Waals surface area contributed by atoms with Crippen LogP contribution in [-0.4, -0.2) is 47.0 Å². The Morgan fingerprint density at radius 3 is 2.78 bits per heavy atom. The van der Waals surface area contributed by atoms with Crippen LogP contribution in [0.1, 0.15) is 50.3 Å². The van der Waals surface area contributed by atoms with E-state index < -0.39 is 21.9 Å².